The molecule has 0 saturated heterocycles. The molecule has 3 N–H and O–H groups in total. The van der Waals surface area contributed by atoms with Crippen molar-refractivity contribution >= 4 is 19.2 Å². The molecule has 2 aromatic rings. The van der Waals surface area contributed by atoms with Gasteiger partial charge in [-0.25, -0.2) is 0 Å². The number of aliphatic hydroxyl groups excluding tert-OH is 1. The first-order valence-electron chi connectivity index (χ1n) is 10.1. The monoisotopic (exact) mass is 455 g/mol. The number of hydrogen-bond acceptors (Lipinski definition) is 5. The predicted molar refractivity (Wildman–Crippen MR) is 120 cm³/mol. The Balaban J connectivity index is 1.75. The fourth-order valence-electron chi connectivity index (χ4n) is 2.81. The number of hydrogen-bond donors (Lipinski definition) is 3. The van der Waals surface area contributed by atoms with E-state index in [0.29, 0.717) is 17.3 Å². The van der Waals surface area contributed by atoms with Crippen LogP contribution in [0, 0.1) is 0 Å². The first kappa shape index (κ1) is 24.9. The van der Waals surface area contributed by atoms with Crippen molar-refractivity contribution in [1.82, 2.24) is 5.32 Å². The smallest absolute Gasteiger partial charge is 0.365 e. The number of rotatable bonds is 13. The lowest BCUT2D eigenvalue weighted by molar-refractivity contribution is 0.170. The van der Waals surface area contributed by atoms with Gasteiger partial charge in [0.1, 0.15) is 5.75 Å². The molecule has 0 bridgehead atoms. The number of aliphatic hydroxyl groups is 1. The van der Waals surface area contributed by atoms with E-state index in [0.717, 1.165) is 30.4 Å². The van der Waals surface area contributed by atoms with Crippen LogP contribution in [0.2, 0.25) is 5.02 Å². The van der Waals surface area contributed by atoms with Crippen molar-refractivity contribution < 1.29 is 23.8 Å². The third kappa shape index (κ3) is 9.17. The molecule has 0 aromatic heterocycles. The van der Waals surface area contributed by atoms with Gasteiger partial charge in [0.25, 0.3) is 0 Å². The van der Waals surface area contributed by atoms with E-state index in [-0.39, 0.29) is 19.0 Å². The van der Waals surface area contributed by atoms with Crippen LogP contribution in [0.15, 0.2) is 48.5 Å². The molecule has 2 aromatic carbocycles. The number of halogens is 1. The summed E-state index contributed by atoms with van der Waals surface area (Å²) >= 11 is 5.87. The van der Waals surface area contributed by atoms with Crippen LogP contribution in [0.1, 0.15) is 43.9 Å². The number of benzene rings is 2. The van der Waals surface area contributed by atoms with Crippen LogP contribution >= 0.6 is 19.2 Å². The molecule has 8 heteroatoms. The van der Waals surface area contributed by atoms with Gasteiger partial charge in [0.05, 0.1) is 12.7 Å². The van der Waals surface area contributed by atoms with Crippen LogP contribution in [0.4, 0.5) is 0 Å². The summed E-state index contributed by atoms with van der Waals surface area (Å²) < 4.78 is 22.3. The molecule has 0 aliphatic carbocycles. The molecule has 0 saturated carbocycles. The van der Waals surface area contributed by atoms with E-state index in [9.17, 15) is 14.6 Å². The molecule has 0 amide bonds. The maximum absolute atomic E-state index is 11.9. The van der Waals surface area contributed by atoms with Gasteiger partial charge in [-0.05, 0) is 55.2 Å². The first-order chi connectivity index (χ1) is 14.3. The fraction of sp³-hybridized carbons (Fsp3) is 0.455. The second kappa shape index (κ2) is 12.5. The van der Waals surface area contributed by atoms with E-state index in [2.05, 4.69) is 12.2 Å². The normalized spacial score (nSPS) is 15.4. The van der Waals surface area contributed by atoms with Crippen molar-refractivity contribution in [3.8, 4) is 5.75 Å². The largest absolute Gasteiger partial charge is 0.481 e. The van der Waals surface area contributed by atoms with Gasteiger partial charge in [-0.15, -0.1) is 0 Å². The summed E-state index contributed by atoms with van der Waals surface area (Å²) in [5.41, 5.74) is 1.91. The first-order valence-corrected chi connectivity index (χ1v) is 12.3. The van der Waals surface area contributed by atoms with Crippen molar-refractivity contribution in [2.45, 2.75) is 45.3 Å². The summed E-state index contributed by atoms with van der Waals surface area (Å²) in [5.74, 6) is 0.519. The maximum Gasteiger partial charge on any atom is 0.365 e. The molecule has 0 aliphatic heterocycles. The topological polar surface area (TPSA) is 88.0 Å². The highest BCUT2D eigenvalue weighted by Crippen LogP contribution is 2.42. The van der Waals surface area contributed by atoms with Crippen LogP contribution < -0.4 is 10.1 Å². The lowest BCUT2D eigenvalue weighted by Crippen LogP contribution is -2.32. The minimum atomic E-state index is -3.73. The summed E-state index contributed by atoms with van der Waals surface area (Å²) in [7, 11) is -3.73. The SMILES string of the molecule is CCCCOP(=O)(O)COc1ccc(CC(C)NCC(O)c2ccc(Cl)cc2)cc1. The van der Waals surface area contributed by atoms with Crippen molar-refractivity contribution in [2.24, 2.45) is 0 Å². The average molecular weight is 456 g/mol. The second-order valence-electron chi connectivity index (χ2n) is 7.32. The Morgan fingerprint density at radius 3 is 2.43 bits per heavy atom. The second-order valence-corrected chi connectivity index (χ2v) is 9.55. The molecule has 3 unspecified atom stereocenters. The minimum Gasteiger partial charge on any atom is -0.481 e. The van der Waals surface area contributed by atoms with Crippen LogP contribution in [-0.4, -0.2) is 35.5 Å². The Kier molecular flexibility index (Phi) is 10.3. The lowest BCUT2D eigenvalue weighted by Gasteiger charge is -2.18. The third-order valence-electron chi connectivity index (χ3n) is 4.56. The van der Waals surface area contributed by atoms with Crippen molar-refractivity contribution in [3.63, 3.8) is 0 Å². The summed E-state index contributed by atoms with van der Waals surface area (Å²) in [6, 6.07) is 14.7. The number of unbranched alkanes of at least 4 members (excludes halogenated alkanes) is 1. The van der Waals surface area contributed by atoms with Crippen molar-refractivity contribution in [1.29, 1.82) is 0 Å². The Hall–Kier alpha value is -1.40. The van der Waals surface area contributed by atoms with Gasteiger partial charge in [0, 0.05) is 17.6 Å². The van der Waals surface area contributed by atoms with E-state index >= 15 is 0 Å². The number of nitrogens with one attached hydrogen (secondary N) is 1. The zero-order chi connectivity index (χ0) is 22.0. The lowest BCUT2D eigenvalue weighted by atomic mass is 10.1. The van der Waals surface area contributed by atoms with Gasteiger partial charge >= 0.3 is 7.60 Å². The molecule has 30 heavy (non-hydrogen) atoms. The Morgan fingerprint density at radius 1 is 1.13 bits per heavy atom. The molecular weight excluding hydrogens is 425 g/mol. The highest BCUT2D eigenvalue weighted by molar-refractivity contribution is 7.52. The molecule has 2 rings (SSSR count). The summed E-state index contributed by atoms with van der Waals surface area (Å²) in [4.78, 5) is 9.75. The van der Waals surface area contributed by atoms with Crippen LogP contribution in [0.5, 0.6) is 5.75 Å². The molecule has 0 radical (unpaired) electrons. The van der Waals surface area contributed by atoms with Crippen molar-refractivity contribution in [2.75, 3.05) is 19.5 Å². The molecule has 0 fully saturated rings. The third-order valence-corrected chi connectivity index (χ3v) is 5.86. The van der Waals surface area contributed by atoms with E-state index in [1.165, 1.54) is 0 Å². The van der Waals surface area contributed by atoms with Gasteiger partial charge < -0.3 is 24.6 Å². The van der Waals surface area contributed by atoms with Crippen molar-refractivity contribution in [3.05, 3.63) is 64.7 Å². The molecular formula is C22H31ClNO5P. The van der Waals surface area contributed by atoms with Gasteiger partial charge in [-0.1, -0.05) is 49.2 Å². The molecule has 3 atom stereocenters. The Morgan fingerprint density at radius 2 is 1.80 bits per heavy atom. The van der Waals surface area contributed by atoms with Gasteiger partial charge in [0.15, 0.2) is 6.35 Å². The highest BCUT2D eigenvalue weighted by Gasteiger charge is 2.20. The number of ether oxygens (including phenoxy) is 1. The minimum absolute atomic E-state index is 0.156. The zero-order valence-corrected chi connectivity index (χ0v) is 19.1. The van der Waals surface area contributed by atoms with E-state index in [1.54, 1.807) is 24.3 Å². The maximum atomic E-state index is 11.9. The quantitative estimate of drug-likeness (QED) is 0.293. The van der Waals surface area contributed by atoms with E-state index in [4.69, 9.17) is 20.9 Å². The zero-order valence-electron chi connectivity index (χ0n) is 17.5. The Labute approximate surface area is 183 Å². The van der Waals surface area contributed by atoms with E-state index < -0.39 is 13.7 Å². The molecule has 0 aliphatic rings. The fourth-order valence-corrected chi connectivity index (χ4v) is 3.74. The van der Waals surface area contributed by atoms with E-state index in [1.807, 2.05) is 31.2 Å². The average Bonchev–Trinajstić information content (AvgIpc) is 2.72. The molecule has 0 heterocycles. The predicted octanol–water partition coefficient (Wildman–Crippen LogP) is 4.93. The summed E-state index contributed by atoms with van der Waals surface area (Å²) in [6.45, 7) is 4.73. The molecule has 0 spiro atoms. The van der Waals surface area contributed by atoms with Crippen LogP contribution in [0.3, 0.4) is 0 Å². The van der Waals surface area contributed by atoms with Gasteiger partial charge in [-0.3, -0.25) is 4.57 Å². The molecule has 166 valence electrons. The van der Waals surface area contributed by atoms with Gasteiger partial charge in [0.2, 0.25) is 0 Å². The molecule has 6 nitrogen and oxygen atoms in total. The summed E-state index contributed by atoms with van der Waals surface area (Å²) in [5, 5.41) is 14.3. The summed E-state index contributed by atoms with van der Waals surface area (Å²) in [6.07, 6.45) is 1.44. The van der Waals surface area contributed by atoms with Crippen LogP contribution in [0.25, 0.3) is 0 Å². The highest BCUT2D eigenvalue weighted by atomic mass is 35.5. The van der Waals surface area contributed by atoms with Gasteiger partial charge in [-0.2, -0.15) is 0 Å². The Bertz CT molecular complexity index is 800. The van der Waals surface area contributed by atoms with Crippen LogP contribution in [-0.2, 0) is 15.5 Å². The standard InChI is InChI=1S/C22H31ClNO5P/c1-3-4-13-29-30(26,27)16-28-21-11-5-18(6-12-21)14-17(2)24-15-22(25)19-7-9-20(23)10-8-19/h5-12,17,22,24-25H,3-4,13-16H2,1-2H3,(H,26,27).